The number of aromatic nitrogens is 4. The van der Waals surface area contributed by atoms with Gasteiger partial charge in [-0.1, -0.05) is 25.0 Å². The fourth-order valence-corrected chi connectivity index (χ4v) is 7.09. The summed E-state index contributed by atoms with van der Waals surface area (Å²) in [6, 6.07) is 8.30. The molecule has 4 aromatic heterocycles. The number of fused-ring (bicyclic) bond motifs is 2. The molecule has 7 heterocycles. The minimum atomic E-state index is 0.176. The number of nitrogens with zero attached hydrogens (tertiary/aromatic N) is 8. The number of hydrogen-bond donors (Lipinski definition) is 5. The van der Waals surface area contributed by atoms with Crippen molar-refractivity contribution < 1.29 is 0 Å². The predicted octanol–water partition coefficient (Wildman–Crippen LogP) is 5.43. The van der Waals surface area contributed by atoms with Crippen LogP contribution in [0.3, 0.4) is 0 Å². The molecule has 50 heavy (non-hydrogen) atoms. The van der Waals surface area contributed by atoms with Crippen molar-refractivity contribution >= 4 is 51.4 Å². The number of anilines is 3. The first-order valence-corrected chi connectivity index (χ1v) is 18.2. The highest BCUT2D eigenvalue weighted by molar-refractivity contribution is 6.52. The van der Waals surface area contributed by atoms with Crippen LogP contribution < -0.4 is 21.7 Å². The highest BCUT2D eigenvalue weighted by atomic mass is 15.3. The second-order valence-electron chi connectivity index (χ2n) is 13.9. The van der Waals surface area contributed by atoms with Crippen LogP contribution in [0.2, 0.25) is 0 Å². The summed E-state index contributed by atoms with van der Waals surface area (Å²) in [5.74, 6) is 2.10. The summed E-state index contributed by atoms with van der Waals surface area (Å²) in [4.78, 5) is 14.9. The van der Waals surface area contributed by atoms with Gasteiger partial charge in [-0.15, -0.1) is 10.2 Å². The van der Waals surface area contributed by atoms with E-state index in [1.54, 1.807) is 6.08 Å². The topological polar surface area (TPSA) is 152 Å². The molecule has 0 aliphatic carbocycles. The molecule has 4 aromatic rings. The average Bonchev–Trinajstić information content (AvgIpc) is 3.65. The molecule has 2 fully saturated rings. The van der Waals surface area contributed by atoms with Crippen LogP contribution in [0, 0.1) is 33.1 Å². The number of aryl methyl sites for hydroxylation is 4. The molecule has 0 unspecified atom stereocenters. The maximum atomic E-state index is 8.87. The molecule has 0 amide bonds. The maximum absolute atomic E-state index is 8.87. The average molecular weight is 678 g/mol. The largest absolute Gasteiger partial charge is 0.396 e. The van der Waals surface area contributed by atoms with Crippen molar-refractivity contribution in [2.75, 3.05) is 68.3 Å². The monoisotopic (exact) mass is 677 g/mol. The van der Waals surface area contributed by atoms with Crippen LogP contribution >= 0.6 is 0 Å². The van der Waals surface area contributed by atoms with Crippen molar-refractivity contribution in [3.8, 4) is 0 Å². The quantitative estimate of drug-likeness (QED) is 0.149. The third kappa shape index (κ3) is 6.97. The number of nitrogens with one attached hydrogen (secondary N) is 4. The Hall–Kier alpha value is -4.75. The van der Waals surface area contributed by atoms with E-state index in [0.717, 1.165) is 97.4 Å². The Morgan fingerprint density at radius 2 is 1.28 bits per heavy atom. The number of aliphatic imine (C=N–C) groups is 2. The number of rotatable bonds is 10. The fraction of sp³-hybridized carbons (Fsp3) is 0.486. The first-order valence-electron chi connectivity index (χ1n) is 18.2. The van der Waals surface area contributed by atoms with Crippen molar-refractivity contribution in [2.24, 2.45) is 15.7 Å². The molecule has 0 radical (unpaired) electrons. The number of likely N-dealkylation sites (tertiary alicyclic amines) is 2. The molecule has 0 atom stereocenters. The Morgan fingerprint density at radius 1 is 0.740 bits per heavy atom. The summed E-state index contributed by atoms with van der Waals surface area (Å²) >= 11 is 0. The standard InChI is InChI=1S/C37H51N13/c1-24-11-13-30-32(36(45-49(30)26(24)3)40-15-21-47-17-7-5-8-18-47)42-34-28(38)23-29(39)35(44-34)43-33-31-14-12-25(2)27(4)50(31)46-37(33)41-16-22-48-19-9-6-10-20-48/h11-14,23,38H,5-10,15-22,39H2,1-4H3,(H,40,45)(H,41,46)(H,42,43,44). The molecule has 3 aliphatic heterocycles. The van der Waals surface area contributed by atoms with Gasteiger partial charge in [0.2, 0.25) is 0 Å². The summed E-state index contributed by atoms with van der Waals surface area (Å²) in [6.07, 6.45) is 9.27. The summed E-state index contributed by atoms with van der Waals surface area (Å²) in [5.41, 5.74) is 14.7. The molecular weight excluding hydrogens is 626 g/mol. The highest BCUT2D eigenvalue weighted by Crippen LogP contribution is 2.33. The van der Waals surface area contributed by atoms with Crippen LogP contribution in [0.25, 0.3) is 11.0 Å². The summed E-state index contributed by atoms with van der Waals surface area (Å²) in [5, 5.41) is 29.4. The Labute approximate surface area is 294 Å². The van der Waals surface area contributed by atoms with Crippen molar-refractivity contribution in [1.29, 1.82) is 5.41 Å². The lowest BCUT2D eigenvalue weighted by Crippen LogP contribution is -2.34. The summed E-state index contributed by atoms with van der Waals surface area (Å²) in [7, 11) is 0. The zero-order chi connectivity index (χ0) is 34.8. The Morgan fingerprint density at radius 3 is 1.90 bits per heavy atom. The van der Waals surface area contributed by atoms with Gasteiger partial charge in [0.1, 0.15) is 11.4 Å². The van der Waals surface area contributed by atoms with Gasteiger partial charge in [0.25, 0.3) is 0 Å². The summed E-state index contributed by atoms with van der Waals surface area (Å²) < 4.78 is 3.90. The van der Waals surface area contributed by atoms with Gasteiger partial charge in [-0.2, -0.15) is 0 Å². The van der Waals surface area contributed by atoms with Gasteiger partial charge < -0.3 is 31.5 Å². The van der Waals surface area contributed by atoms with Gasteiger partial charge in [0.15, 0.2) is 23.3 Å². The third-order valence-electron chi connectivity index (χ3n) is 10.4. The van der Waals surface area contributed by atoms with Crippen molar-refractivity contribution in [3.63, 3.8) is 0 Å². The lowest BCUT2D eigenvalue weighted by atomic mass is 10.1. The molecule has 0 spiro atoms. The van der Waals surface area contributed by atoms with Crippen LogP contribution in [0.15, 0.2) is 46.0 Å². The van der Waals surface area contributed by atoms with E-state index in [1.165, 1.54) is 38.5 Å². The van der Waals surface area contributed by atoms with Gasteiger partial charge in [-0.3, -0.25) is 5.41 Å². The molecular formula is C37H51N13. The maximum Gasteiger partial charge on any atom is 0.178 e. The lowest BCUT2D eigenvalue weighted by Gasteiger charge is -2.26. The zero-order valence-corrected chi connectivity index (χ0v) is 29.9. The van der Waals surface area contributed by atoms with Gasteiger partial charge in [0.05, 0.1) is 22.4 Å². The molecule has 6 N–H and O–H groups in total. The van der Waals surface area contributed by atoms with E-state index < -0.39 is 0 Å². The van der Waals surface area contributed by atoms with E-state index >= 15 is 0 Å². The number of nitrogens with two attached hydrogens (primary N) is 1. The van der Waals surface area contributed by atoms with Gasteiger partial charge in [0, 0.05) is 37.6 Å². The molecule has 0 bridgehead atoms. The molecule has 13 nitrogen and oxygen atoms in total. The van der Waals surface area contributed by atoms with E-state index in [4.69, 9.17) is 31.3 Å². The van der Waals surface area contributed by atoms with E-state index in [-0.39, 0.29) is 5.71 Å². The molecule has 0 aromatic carbocycles. The van der Waals surface area contributed by atoms with E-state index in [1.807, 2.05) is 15.1 Å². The number of piperidine rings is 2. The molecule has 3 aliphatic rings. The van der Waals surface area contributed by atoms with E-state index in [9.17, 15) is 0 Å². The normalized spacial score (nSPS) is 18.6. The van der Waals surface area contributed by atoms with Gasteiger partial charge in [-0.05, 0) is 109 Å². The zero-order valence-electron chi connectivity index (χ0n) is 29.9. The van der Waals surface area contributed by atoms with Gasteiger partial charge in [-0.25, -0.2) is 19.0 Å². The van der Waals surface area contributed by atoms with Gasteiger partial charge >= 0.3 is 0 Å². The van der Waals surface area contributed by atoms with Crippen molar-refractivity contribution in [2.45, 2.75) is 66.2 Å². The van der Waals surface area contributed by atoms with Crippen molar-refractivity contribution in [3.05, 3.63) is 58.6 Å². The molecule has 2 saturated heterocycles. The molecule has 0 saturated carbocycles. The molecule has 7 rings (SSSR count). The number of amidine groups is 2. The summed E-state index contributed by atoms with van der Waals surface area (Å²) in [6.45, 7) is 16.3. The smallest absolute Gasteiger partial charge is 0.178 e. The Kier molecular flexibility index (Phi) is 9.86. The second-order valence-corrected chi connectivity index (χ2v) is 13.9. The highest BCUT2D eigenvalue weighted by Gasteiger charge is 2.24. The number of dihydropyridines is 1. The van der Waals surface area contributed by atoms with E-state index in [0.29, 0.717) is 28.9 Å². The van der Waals surface area contributed by atoms with Crippen LogP contribution in [-0.2, 0) is 0 Å². The Balaban J connectivity index is 1.21. The SMILES string of the molecule is Cc1ccc2c(N=C3N=C(Nc4c(NCCN5CCCCC5)nn5c(C)c(C)ccc45)C(=N)C=C3N)c(NCCN3CCCCC3)nn2c1C. The number of pyridine rings is 2. The minimum Gasteiger partial charge on any atom is -0.396 e. The lowest BCUT2D eigenvalue weighted by molar-refractivity contribution is 0.237. The van der Waals surface area contributed by atoms with Crippen LogP contribution in [0.5, 0.6) is 0 Å². The first kappa shape index (κ1) is 33.7. The number of hydrogen-bond acceptors (Lipinski definition) is 10. The first-order chi connectivity index (χ1) is 24.3. The fourth-order valence-electron chi connectivity index (χ4n) is 7.09. The molecule has 13 heteroatoms. The van der Waals surface area contributed by atoms with Crippen LogP contribution in [0.1, 0.15) is 61.0 Å². The van der Waals surface area contributed by atoms with Crippen LogP contribution in [-0.4, -0.2) is 98.8 Å². The minimum absolute atomic E-state index is 0.176. The van der Waals surface area contributed by atoms with E-state index in [2.05, 4.69) is 71.6 Å². The third-order valence-corrected chi connectivity index (χ3v) is 10.4. The second kappa shape index (κ2) is 14.6. The van der Waals surface area contributed by atoms with Crippen LogP contribution in [0.4, 0.5) is 23.0 Å². The van der Waals surface area contributed by atoms with Crippen molar-refractivity contribution in [1.82, 2.24) is 29.0 Å². The predicted molar refractivity (Wildman–Crippen MR) is 205 cm³/mol. The molecule has 264 valence electrons. The Bertz CT molecular complexity index is 1980.